The van der Waals surface area contributed by atoms with Crippen LogP contribution in [0.3, 0.4) is 0 Å². The summed E-state index contributed by atoms with van der Waals surface area (Å²) in [6.07, 6.45) is 3.13. The Hall–Kier alpha value is -3.00. The smallest absolute Gasteiger partial charge is 0.266 e. The maximum absolute atomic E-state index is 13.7. The molecule has 0 atom stereocenters. The zero-order chi connectivity index (χ0) is 18.5. The van der Waals surface area contributed by atoms with Gasteiger partial charge in [0.2, 0.25) is 5.91 Å². The monoisotopic (exact) mass is 375 g/mol. The molecule has 7 nitrogen and oxygen atoms in total. The molecule has 1 N–H and O–H groups in total. The molecule has 0 saturated heterocycles. The third-order valence-corrected chi connectivity index (χ3v) is 3.99. The third kappa shape index (κ3) is 4.15. The lowest BCUT2D eigenvalue weighted by Gasteiger charge is -2.09. The van der Waals surface area contributed by atoms with Gasteiger partial charge in [-0.3, -0.25) is 9.59 Å². The number of nitrogens with one attached hydrogen (secondary N) is 1. The summed E-state index contributed by atoms with van der Waals surface area (Å²) in [5, 5.41) is 11.1. The van der Waals surface area contributed by atoms with Crippen LogP contribution < -0.4 is 10.9 Å². The zero-order valence-electron chi connectivity index (χ0n) is 13.6. The van der Waals surface area contributed by atoms with Gasteiger partial charge < -0.3 is 5.32 Å². The first kappa shape index (κ1) is 17.8. The fourth-order valence-electron chi connectivity index (χ4n) is 2.35. The number of halogens is 2. The van der Waals surface area contributed by atoms with Crippen LogP contribution in [0.2, 0.25) is 5.02 Å². The molecule has 9 heteroatoms. The van der Waals surface area contributed by atoms with Gasteiger partial charge in [-0.25, -0.2) is 13.8 Å². The lowest BCUT2D eigenvalue weighted by atomic mass is 10.1. The van der Waals surface area contributed by atoms with Crippen molar-refractivity contribution in [3.8, 4) is 5.82 Å². The van der Waals surface area contributed by atoms with E-state index < -0.39 is 11.7 Å². The van der Waals surface area contributed by atoms with E-state index in [9.17, 15) is 14.0 Å². The molecule has 0 aliphatic heterocycles. The van der Waals surface area contributed by atoms with Gasteiger partial charge in [0, 0.05) is 35.6 Å². The minimum Gasteiger partial charge on any atom is -0.354 e. The van der Waals surface area contributed by atoms with Gasteiger partial charge in [0.15, 0.2) is 5.82 Å². The Kier molecular flexibility index (Phi) is 5.43. The van der Waals surface area contributed by atoms with Crippen LogP contribution in [-0.2, 0) is 17.8 Å². The highest BCUT2D eigenvalue weighted by molar-refractivity contribution is 6.31. The molecule has 2 heterocycles. The van der Waals surface area contributed by atoms with Crippen molar-refractivity contribution < 1.29 is 9.18 Å². The lowest BCUT2D eigenvalue weighted by molar-refractivity contribution is -0.120. The highest BCUT2D eigenvalue weighted by Crippen LogP contribution is 2.19. The molecule has 0 fully saturated rings. The molecule has 0 aliphatic rings. The summed E-state index contributed by atoms with van der Waals surface area (Å²) in [6, 6.07) is 8.93. The van der Waals surface area contributed by atoms with E-state index >= 15 is 0 Å². The Morgan fingerprint density at radius 3 is 2.81 bits per heavy atom. The molecule has 1 aromatic carbocycles. The predicted octanol–water partition coefficient (Wildman–Crippen LogP) is 1.58. The minimum absolute atomic E-state index is 0.141. The van der Waals surface area contributed by atoms with Crippen LogP contribution in [0.1, 0.15) is 5.56 Å². The van der Waals surface area contributed by atoms with Gasteiger partial charge in [-0.2, -0.15) is 5.10 Å². The van der Waals surface area contributed by atoms with Crippen LogP contribution in [-0.4, -0.2) is 32.0 Å². The molecular weight excluding hydrogens is 361 g/mol. The van der Waals surface area contributed by atoms with Crippen molar-refractivity contribution >= 4 is 17.5 Å². The van der Waals surface area contributed by atoms with Crippen LogP contribution in [0.5, 0.6) is 0 Å². The van der Waals surface area contributed by atoms with Gasteiger partial charge in [-0.05, 0) is 24.3 Å². The molecule has 0 spiro atoms. The van der Waals surface area contributed by atoms with Crippen LogP contribution in [0.25, 0.3) is 5.82 Å². The Bertz CT molecular complexity index is 951. The van der Waals surface area contributed by atoms with Gasteiger partial charge in [-0.1, -0.05) is 17.7 Å². The van der Waals surface area contributed by atoms with Crippen LogP contribution in [0.4, 0.5) is 4.39 Å². The Morgan fingerprint density at radius 1 is 1.23 bits per heavy atom. The highest BCUT2D eigenvalue weighted by Gasteiger charge is 2.11. The fourth-order valence-corrected chi connectivity index (χ4v) is 2.58. The van der Waals surface area contributed by atoms with Crippen LogP contribution in [0.15, 0.2) is 53.6 Å². The first-order valence-electron chi connectivity index (χ1n) is 7.82. The van der Waals surface area contributed by atoms with Gasteiger partial charge in [0.05, 0.1) is 13.0 Å². The summed E-state index contributed by atoms with van der Waals surface area (Å²) in [4.78, 5) is 23.9. The Balaban J connectivity index is 1.60. The van der Waals surface area contributed by atoms with E-state index in [4.69, 9.17) is 11.6 Å². The number of carbonyl (C=O) groups is 1. The second kappa shape index (κ2) is 7.92. The molecule has 3 rings (SSSR count). The van der Waals surface area contributed by atoms with E-state index in [0.29, 0.717) is 5.82 Å². The quantitative estimate of drug-likeness (QED) is 0.709. The van der Waals surface area contributed by atoms with Crippen molar-refractivity contribution in [1.82, 2.24) is 24.9 Å². The molecule has 0 radical (unpaired) electrons. The second-order valence-corrected chi connectivity index (χ2v) is 5.84. The summed E-state index contributed by atoms with van der Waals surface area (Å²) < 4.78 is 16.5. The number of hydrogen-bond donors (Lipinski definition) is 1. The van der Waals surface area contributed by atoms with E-state index in [1.54, 1.807) is 24.5 Å². The normalized spacial score (nSPS) is 10.7. The van der Waals surface area contributed by atoms with Gasteiger partial charge in [0.25, 0.3) is 5.56 Å². The molecule has 134 valence electrons. The van der Waals surface area contributed by atoms with E-state index in [2.05, 4.69) is 15.5 Å². The number of amides is 1. The SMILES string of the molecule is O=C(Cc1c(F)cccc1Cl)NCCn1nc(-n2cccn2)ccc1=O. The van der Waals surface area contributed by atoms with E-state index in [-0.39, 0.29) is 35.7 Å². The molecule has 0 bridgehead atoms. The molecular formula is C17H15ClFN5O2. The van der Waals surface area contributed by atoms with E-state index in [1.165, 1.54) is 33.6 Å². The van der Waals surface area contributed by atoms with Crippen molar-refractivity contribution in [2.75, 3.05) is 6.54 Å². The second-order valence-electron chi connectivity index (χ2n) is 5.43. The van der Waals surface area contributed by atoms with E-state index in [1.807, 2.05) is 0 Å². The van der Waals surface area contributed by atoms with Crippen molar-refractivity contribution in [2.24, 2.45) is 0 Å². The first-order chi connectivity index (χ1) is 12.5. The highest BCUT2D eigenvalue weighted by atomic mass is 35.5. The summed E-state index contributed by atoms with van der Waals surface area (Å²) >= 11 is 5.91. The van der Waals surface area contributed by atoms with Gasteiger partial charge >= 0.3 is 0 Å². The maximum Gasteiger partial charge on any atom is 0.266 e. The average Bonchev–Trinajstić information content (AvgIpc) is 3.14. The van der Waals surface area contributed by atoms with Gasteiger partial charge in [-0.15, -0.1) is 5.10 Å². The molecule has 0 unspecified atom stereocenters. The molecule has 0 saturated carbocycles. The summed E-state index contributed by atoms with van der Waals surface area (Å²) in [6.45, 7) is 0.338. The largest absolute Gasteiger partial charge is 0.354 e. The van der Waals surface area contributed by atoms with Crippen LogP contribution >= 0.6 is 11.6 Å². The molecule has 1 amide bonds. The minimum atomic E-state index is -0.530. The summed E-state index contributed by atoms with van der Waals surface area (Å²) in [5.74, 6) is -0.440. The maximum atomic E-state index is 13.7. The van der Waals surface area contributed by atoms with Crippen LogP contribution in [0, 0.1) is 5.82 Å². The van der Waals surface area contributed by atoms with Crippen molar-refractivity contribution in [3.05, 3.63) is 75.5 Å². The summed E-state index contributed by atoms with van der Waals surface area (Å²) in [5.41, 5.74) is -0.157. The van der Waals surface area contributed by atoms with Crippen molar-refractivity contribution in [1.29, 1.82) is 0 Å². The number of hydrogen-bond acceptors (Lipinski definition) is 4. The molecule has 2 aromatic heterocycles. The van der Waals surface area contributed by atoms with Crippen molar-refractivity contribution in [3.63, 3.8) is 0 Å². The average molecular weight is 376 g/mol. The third-order valence-electron chi connectivity index (χ3n) is 3.64. The predicted molar refractivity (Wildman–Crippen MR) is 93.7 cm³/mol. The number of benzene rings is 1. The standard InChI is InChI=1S/C17H15ClFN5O2/c18-13-3-1-4-14(19)12(13)11-16(25)20-8-10-24-17(26)6-5-15(22-24)23-9-2-7-21-23/h1-7,9H,8,10-11H2,(H,20,25). The fraction of sp³-hybridized carbons (Fsp3) is 0.176. The topological polar surface area (TPSA) is 81.8 Å². The molecule has 26 heavy (non-hydrogen) atoms. The molecule has 3 aromatic rings. The van der Waals surface area contributed by atoms with E-state index in [0.717, 1.165) is 0 Å². The lowest BCUT2D eigenvalue weighted by Crippen LogP contribution is -2.33. The summed E-state index contributed by atoms with van der Waals surface area (Å²) in [7, 11) is 0. The van der Waals surface area contributed by atoms with Gasteiger partial charge in [0.1, 0.15) is 5.82 Å². The van der Waals surface area contributed by atoms with Crippen molar-refractivity contribution in [2.45, 2.75) is 13.0 Å². The Labute approximate surface area is 153 Å². The zero-order valence-corrected chi connectivity index (χ0v) is 14.4. The number of aromatic nitrogens is 4. The Morgan fingerprint density at radius 2 is 2.08 bits per heavy atom. The number of carbonyl (C=O) groups excluding carboxylic acids is 1. The first-order valence-corrected chi connectivity index (χ1v) is 8.20. The molecule has 0 aliphatic carbocycles. The number of nitrogens with zero attached hydrogens (tertiary/aromatic N) is 4. The number of rotatable bonds is 6.